The molecule has 170 valence electrons. The molecule has 1 fully saturated rings. The number of amides is 1. The summed E-state index contributed by atoms with van der Waals surface area (Å²) in [5.74, 6) is 0.807. The first-order valence-electron chi connectivity index (χ1n) is 11.1. The van der Waals surface area contributed by atoms with Crippen LogP contribution in [-0.4, -0.2) is 38.6 Å². The number of aromatic nitrogens is 2. The van der Waals surface area contributed by atoms with Crippen molar-refractivity contribution in [1.29, 1.82) is 0 Å². The van der Waals surface area contributed by atoms with Crippen LogP contribution in [0.2, 0.25) is 0 Å². The topological polar surface area (TPSA) is 47.4 Å². The molecular weight excluding hydrogens is 450 g/mol. The molecule has 0 bridgehead atoms. The zero-order valence-corrected chi connectivity index (χ0v) is 20.7. The summed E-state index contributed by atoms with van der Waals surface area (Å²) in [5.41, 5.74) is 4.62. The predicted octanol–water partition coefficient (Wildman–Crippen LogP) is 6.25. The number of unbranched alkanes of at least 4 members (excludes halogenated alkanes) is 2. The highest BCUT2D eigenvalue weighted by Crippen LogP contribution is 2.35. The highest BCUT2D eigenvalue weighted by atomic mass is 32.2. The molecule has 0 spiro atoms. The van der Waals surface area contributed by atoms with E-state index in [9.17, 15) is 4.79 Å². The summed E-state index contributed by atoms with van der Waals surface area (Å²) in [6.07, 6.45) is 7.03. The minimum atomic E-state index is -0.0228. The van der Waals surface area contributed by atoms with Crippen LogP contribution in [0.25, 0.3) is 23.0 Å². The number of aryl methyl sites for hydroxylation is 1. The molecule has 7 heteroatoms. The normalized spacial score (nSPS) is 15.0. The molecule has 1 amide bonds. The summed E-state index contributed by atoms with van der Waals surface area (Å²) in [6, 6.07) is 16.0. The third-order valence-corrected chi connectivity index (χ3v) is 6.95. The van der Waals surface area contributed by atoms with E-state index in [-0.39, 0.29) is 5.91 Å². The Morgan fingerprint density at radius 2 is 1.94 bits per heavy atom. The van der Waals surface area contributed by atoms with Crippen molar-refractivity contribution < 1.29 is 9.53 Å². The zero-order valence-electron chi connectivity index (χ0n) is 19.1. The van der Waals surface area contributed by atoms with Gasteiger partial charge in [-0.1, -0.05) is 61.9 Å². The van der Waals surface area contributed by atoms with Crippen molar-refractivity contribution >= 4 is 40.3 Å². The molecule has 5 nitrogen and oxygen atoms in total. The molecule has 0 N–H and O–H groups in total. The van der Waals surface area contributed by atoms with Gasteiger partial charge in [-0.25, -0.2) is 4.68 Å². The van der Waals surface area contributed by atoms with E-state index in [4.69, 9.17) is 22.1 Å². The molecule has 33 heavy (non-hydrogen) atoms. The standard InChI is InChI=1S/C26H27N3O2S2/c1-4-5-9-14-28-25(30)23(33-26(28)32)16-20-17-29(21-10-7-6-8-11-21)27-24(20)19-12-13-22(31-3)18(2)15-19/h6-8,10-13,15-17H,4-5,9,14H2,1-3H3. The highest BCUT2D eigenvalue weighted by Gasteiger charge is 2.32. The number of hydrogen-bond donors (Lipinski definition) is 0. The molecule has 2 heterocycles. The predicted molar refractivity (Wildman–Crippen MR) is 140 cm³/mol. The lowest BCUT2D eigenvalue weighted by molar-refractivity contribution is -0.122. The summed E-state index contributed by atoms with van der Waals surface area (Å²) in [7, 11) is 1.67. The molecular formula is C26H27N3O2S2. The highest BCUT2D eigenvalue weighted by molar-refractivity contribution is 8.26. The molecule has 0 atom stereocenters. The van der Waals surface area contributed by atoms with E-state index in [1.54, 1.807) is 12.0 Å². The molecule has 0 saturated carbocycles. The van der Waals surface area contributed by atoms with Crippen LogP contribution in [0.3, 0.4) is 0 Å². The Morgan fingerprint density at radius 1 is 1.15 bits per heavy atom. The Balaban J connectivity index is 1.74. The number of rotatable bonds is 8. The smallest absolute Gasteiger partial charge is 0.266 e. The zero-order chi connectivity index (χ0) is 23.4. The van der Waals surface area contributed by atoms with Crippen LogP contribution >= 0.6 is 24.0 Å². The van der Waals surface area contributed by atoms with Gasteiger partial charge in [0.25, 0.3) is 5.91 Å². The van der Waals surface area contributed by atoms with Crippen LogP contribution in [0, 0.1) is 6.92 Å². The van der Waals surface area contributed by atoms with E-state index in [1.807, 2.05) is 66.3 Å². The first-order chi connectivity index (χ1) is 16.0. The fourth-order valence-corrected chi connectivity index (χ4v) is 5.11. The number of benzene rings is 2. The average Bonchev–Trinajstić information content (AvgIpc) is 3.36. The summed E-state index contributed by atoms with van der Waals surface area (Å²) < 4.78 is 7.90. The monoisotopic (exact) mass is 477 g/mol. The van der Waals surface area contributed by atoms with E-state index >= 15 is 0 Å². The van der Waals surface area contributed by atoms with E-state index < -0.39 is 0 Å². The first kappa shape index (κ1) is 23.3. The summed E-state index contributed by atoms with van der Waals surface area (Å²) >= 11 is 6.87. The van der Waals surface area contributed by atoms with Crippen molar-refractivity contribution in [3.05, 3.63) is 70.8 Å². The number of para-hydroxylation sites is 1. The Morgan fingerprint density at radius 3 is 2.64 bits per heavy atom. The molecule has 0 unspecified atom stereocenters. The van der Waals surface area contributed by atoms with Crippen LogP contribution in [0.5, 0.6) is 5.75 Å². The lowest BCUT2D eigenvalue weighted by atomic mass is 10.0. The van der Waals surface area contributed by atoms with Gasteiger partial charge in [-0.3, -0.25) is 9.69 Å². The molecule has 4 rings (SSSR count). The van der Waals surface area contributed by atoms with E-state index in [0.717, 1.165) is 53.1 Å². The Labute approximate surface area is 204 Å². The number of carbonyl (C=O) groups is 1. The molecule has 1 saturated heterocycles. The Bertz CT molecular complexity index is 1200. The fourth-order valence-electron chi connectivity index (χ4n) is 3.81. The number of thioether (sulfide) groups is 1. The van der Waals surface area contributed by atoms with Gasteiger partial charge in [0, 0.05) is 23.9 Å². The minimum absolute atomic E-state index is 0.0228. The van der Waals surface area contributed by atoms with Crippen LogP contribution in [0.15, 0.2) is 59.6 Å². The SMILES string of the molecule is CCCCCN1C(=O)C(=Cc2cn(-c3ccccc3)nc2-c2ccc(OC)c(C)c2)SC1=S. The molecule has 1 aromatic heterocycles. The van der Waals surface area contributed by atoms with Gasteiger partial charge in [0.15, 0.2) is 0 Å². The number of thiocarbonyl (C=S) groups is 1. The van der Waals surface area contributed by atoms with Crippen molar-refractivity contribution in [1.82, 2.24) is 14.7 Å². The van der Waals surface area contributed by atoms with Gasteiger partial charge in [-0.15, -0.1) is 0 Å². The average molecular weight is 478 g/mol. The number of carbonyl (C=O) groups excluding carboxylic acids is 1. The molecule has 1 aliphatic rings. The number of nitrogens with zero attached hydrogens (tertiary/aromatic N) is 3. The summed E-state index contributed by atoms with van der Waals surface area (Å²) in [5, 5.41) is 4.88. The van der Waals surface area contributed by atoms with Gasteiger partial charge >= 0.3 is 0 Å². The van der Waals surface area contributed by atoms with Crippen LogP contribution in [0.1, 0.15) is 37.3 Å². The Kier molecular flexibility index (Phi) is 7.30. The van der Waals surface area contributed by atoms with Crippen molar-refractivity contribution in [2.45, 2.75) is 33.1 Å². The Hall–Kier alpha value is -2.90. The van der Waals surface area contributed by atoms with E-state index in [1.165, 1.54) is 11.8 Å². The minimum Gasteiger partial charge on any atom is -0.496 e. The van der Waals surface area contributed by atoms with Crippen LogP contribution < -0.4 is 4.74 Å². The van der Waals surface area contributed by atoms with Gasteiger partial charge in [-0.2, -0.15) is 5.10 Å². The molecule has 2 aromatic carbocycles. The molecule has 0 radical (unpaired) electrons. The summed E-state index contributed by atoms with van der Waals surface area (Å²) in [6.45, 7) is 4.83. The second kappa shape index (κ2) is 10.4. The third-order valence-electron chi connectivity index (χ3n) is 5.58. The van der Waals surface area contributed by atoms with Gasteiger partial charge in [-0.05, 0) is 55.3 Å². The number of ether oxygens (including phenoxy) is 1. The lowest BCUT2D eigenvalue weighted by Crippen LogP contribution is -2.28. The maximum Gasteiger partial charge on any atom is 0.266 e. The number of hydrogen-bond acceptors (Lipinski definition) is 5. The quantitative estimate of drug-likeness (QED) is 0.218. The van der Waals surface area contributed by atoms with Crippen molar-refractivity contribution in [3.63, 3.8) is 0 Å². The van der Waals surface area contributed by atoms with Gasteiger partial charge < -0.3 is 4.74 Å². The second-order valence-electron chi connectivity index (χ2n) is 7.94. The van der Waals surface area contributed by atoms with E-state index in [2.05, 4.69) is 13.0 Å². The van der Waals surface area contributed by atoms with Gasteiger partial charge in [0.2, 0.25) is 0 Å². The fraction of sp³-hybridized carbons (Fsp3) is 0.269. The van der Waals surface area contributed by atoms with E-state index in [0.29, 0.717) is 15.8 Å². The van der Waals surface area contributed by atoms with Crippen molar-refractivity contribution in [2.75, 3.05) is 13.7 Å². The summed E-state index contributed by atoms with van der Waals surface area (Å²) in [4.78, 5) is 15.4. The van der Waals surface area contributed by atoms with Crippen molar-refractivity contribution in [3.8, 4) is 22.7 Å². The maximum absolute atomic E-state index is 13.1. The largest absolute Gasteiger partial charge is 0.496 e. The lowest BCUT2D eigenvalue weighted by Gasteiger charge is -2.13. The maximum atomic E-state index is 13.1. The van der Waals surface area contributed by atoms with Crippen LogP contribution in [0.4, 0.5) is 0 Å². The first-order valence-corrected chi connectivity index (χ1v) is 12.3. The molecule has 3 aromatic rings. The molecule has 0 aliphatic carbocycles. The van der Waals surface area contributed by atoms with Crippen molar-refractivity contribution in [2.24, 2.45) is 0 Å². The second-order valence-corrected chi connectivity index (χ2v) is 9.61. The number of methoxy groups -OCH3 is 1. The molecule has 1 aliphatic heterocycles. The van der Waals surface area contributed by atoms with Gasteiger partial charge in [0.1, 0.15) is 15.8 Å². The van der Waals surface area contributed by atoms with Gasteiger partial charge in [0.05, 0.1) is 17.7 Å². The van der Waals surface area contributed by atoms with Crippen LogP contribution in [-0.2, 0) is 4.79 Å². The third kappa shape index (κ3) is 5.04.